The number of anilines is 4. The first-order valence-electron chi connectivity index (χ1n) is 8.70. The Morgan fingerprint density at radius 2 is 1.17 bits per heavy atom. The number of aryl methyl sites for hydroxylation is 3. The molecule has 0 atom stereocenters. The minimum atomic E-state index is -0.101. The zero-order valence-corrected chi connectivity index (χ0v) is 16.3. The van der Waals surface area contributed by atoms with Crippen molar-refractivity contribution < 1.29 is 15.3 Å². The fraction of sp³-hybridized carbons (Fsp3) is 0.250. The molecule has 0 aromatic carbocycles. The molecule has 0 saturated carbocycles. The highest BCUT2D eigenvalue weighted by atomic mass is 16.3. The maximum absolute atomic E-state index is 10.1. The molecule has 0 saturated heterocycles. The SMILES string of the molecule is Cn1cnc(Cc2nc(Nc3ncn(C)c3O)nc(Nc3ncn(C)c3O)n2)c1O. The van der Waals surface area contributed by atoms with Crippen LogP contribution in [0.4, 0.5) is 23.5 Å². The Morgan fingerprint density at radius 3 is 1.57 bits per heavy atom. The quantitative estimate of drug-likeness (QED) is 0.293. The van der Waals surface area contributed by atoms with E-state index in [0.29, 0.717) is 5.69 Å². The Balaban J connectivity index is 1.70. The number of nitrogens with zero attached hydrogens (tertiary/aromatic N) is 9. The van der Waals surface area contributed by atoms with Gasteiger partial charge in [-0.3, -0.25) is 0 Å². The molecule has 30 heavy (non-hydrogen) atoms. The average Bonchev–Trinajstić information content (AvgIpc) is 3.32. The summed E-state index contributed by atoms with van der Waals surface area (Å²) < 4.78 is 4.30. The van der Waals surface area contributed by atoms with Crippen molar-refractivity contribution in [3.05, 3.63) is 30.5 Å². The van der Waals surface area contributed by atoms with Crippen LogP contribution in [0.5, 0.6) is 17.6 Å². The Morgan fingerprint density at radius 1 is 0.700 bits per heavy atom. The number of aromatic nitrogens is 9. The molecule has 0 fully saturated rings. The molecule has 0 aliphatic heterocycles. The van der Waals surface area contributed by atoms with Gasteiger partial charge in [0.1, 0.15) is 11.5 Å². The van der Waals surface area contributed by atoms with Gasteiger partial charge < -0.3 is 39.7 Å². The molecule has 14 heteroatoms. The van der Waals surface area contributed by atoms with Crippen molar-refractivity contribution in [3.63, 3.8) is 0 Å². The summed E-state index contributed by atoms with van der Waals surface area (Å²) in [7, 11) is 4.92. The van der Waals surface area contributed by atoms with Gasteiger partial charge in [-0.2, -0.15) is 15.0 Å². The van der Waals surface area contributed by atoms with E-state index in [2.05, 4.69) is 40.5 Å². The molecule has 4 heterocycles. The van der Waals surface area contributed by atoms with Crippen LogP contribution >= 0.6 is 0 Å². The van der Waals surface area contributed by atoms with Gasteiger partial charge in [-0.1, -0.05) is 0 Å². The number of hydrogen-bond acceptors (Lipinski definition) is 11. The molecule has 0 amide bonds. The van der Waals surface area contributed by atoms with Crippen molar-refractivity contribution in [1.82, 2.24) is 43.6 Å². The summed E-state index contributed by atoms with van der Waals surface area (Å²) in [5, 5.41) is 35.8. The standard InChI is InChI=1S/C16H19N11O3/c1-25-5-17-8(12(25)28)4-9-20-15(22-10-13(29)26(2)6-18-10)24-16(21-9)23-11-14(30)27(3)7-19-11/h5-7,28-30H,4H2,1-3H3,(H2,20,21,22,23,24). The van der Waals surface area contributed by atoms with Crippen LogP contribution in [-0.2, 0) is 27.6 Å². The molecule has 5 N–H and O–H groups in total. The first-order chi connectivity index (χ1) is 14.3. The third kappa shape index (κ3) is 3.52. The van der Waals surface area contributed by atoms with Gasteiger partial charge in [0.05, 0.1) is 25.4 Å². The molecule has 0 aliphatic rings. The van der Waals surface area contributed by atoms with Crippen LogP contribution < -0.4 is 10.6 Å². The highest BCUT2D eigenvalue weighted by Gasteiger charge is 2.17. The minimum absolute atomic E-state index is 0.0100. The third-order valence-corrected chi connectivity index (χ3v) is 4.26. The molecule has 4 rings (SSSR count). The molecule has 14 nitrogen and oxygen atoms in total. The average molecular weight is 413 g/mol. The third-order valence-electron chi connectivity index (χ3n) is 4.26. The van der Waals surface area contributed by atoms with Gasteiger partial charge in [-0.15, -0.1) is 0 Å². The molecule has 0 aliphatic carbocycles. The number of rotatable bonds is 6. The van der Waals surface area contributed by atoms with Gasteiger partial charge in [0.15, 0.2) is 11.6 Å². The van der Waals surface area contributed by atoms with E-state index in [1.165, 1.54) is 32.7 Å². The predicted octanol–water partition coefficient (Wildman–Crippen LogP) is 0.267. The summed E-state index contributed by atoms with van der Waals surface area (Å²) >= 11 is 0. The summed E-state index contributed by atoms with van der Waals surface area (Å²) in [5.41, 5.74) is 0.377. The first kappa shape index (κ1) is 19.0. The second-order valence-electron chi connectivity index (χ2n) is 6.51. The predicted molar refractivity (Wildman–Crippen MR) is 104 cm³/mol. The molecule has 0 bridgehead atoms. The van der Waals surface area contributed by atoms with Crippen LogP contribution in [-0.4, -0.2) is 58.9 Å². The molecular formula is C16H19N11O3. The van der Waals surface area contributed by atoms with Crippen LogP contribution in [0.25, 0.3) is 0 Å². The molecule has 0 spiro atoms. The minimum Gasteiger partial charge on any atom is -0.493 e. The largest absolute Gasteiger partial charge is 0.493 e. The van der Waals surface area contributed by atoms with E-state index in [1.54, 1.807) is 21.1 Å². The van der Waals surface area contributed by atoms with Gasteiger partial charge in [0.25, 0.3) is 0 Å². The molecule has 4 aromatic heterocycles. The summed E-state index contributed by atoms with van der Waals surface area (Å²) in [4.78, 5) is 25.1. The molecule has 156 valence electrons. The van der Waals surface area contributed by atoms with Gasteiger partial charge >= 0.3 is 0 Å². The summed E-state index contributed by atoms with van der Waals surface area (Å²) in [6.45, 7) is 0. The zero-order chi connectivity index (χ0) is 21.4. The van der Waals surface area contributed by atoms with E-state index in [4.69, 9.17) is 0 Å². The van der Waals surface area contributed by atoms with E-state index in [1.807, 2.05) is 0 Å². The summed E-state index contributed by atoms with van der Waals surface area (Å²) in [6, 6.07) is 0. The lowest BCUT2D eigenvalue weighted by molar-refractivity contribution is 0.426. The van der Waals surface area contributed by atoms with Crippen molar-refractivity contribution in [2.45, 2.75) is 6.42 Å². The van der Waals surface area contributed by atoms with Crippen molar-refractivity contribution >= 4 is 23.5 Å². The van der Waals surface area contributed by atoms with Gasteiger partial charge in [0, 0.05) is 21.1 Å². The van der Waals surface area contributed by atoms with Crippen LogP contribution in [0.2, 0.25) is 0 Å². The van der Waals surface area contributed by atoms with Crippen molar-refractivity contribution in [3.8, 4) is 17.6 Å². The molecule has 4 aromatic rings. The van der Waals surface area contributed by atoms with Crippen molar-refractivity contribution in [2.24, 2.45) is 21.1 Å². The lowest BCUT2D eigenvalue weighted by atomic mass is 10.3. The van der Waals surface area contributed by atoms with E-state index < -0.39 is 0 Å². The normalized spacial score (nSPS) is 11.0. The van der Waals surface area contributed by atoms with Crippen molar-refractivity contribution in [2.75, 3.05) is 10.6 Å². The van der Waals surface area contributed by atoms with Crippen molar-refractivity contribution in [1.29, 1.82) is 0 Å². The van der Waals surface area contributed by atoms with Crippen LogP contribution in [0.3, 0.4) is 0 Å². The van der Waals surface area contributed by atoms with E-state index in [0.717, 1.165) is 0 Å². The summed E-state index contributed by atoms with van der Waals surface area (Å²) in [6.07, 6.45) is 4.44. The van der Waals surface area contributed by atoms with Crippen LogP contribution in [0, 0.1) is 0 Å². The lowest BCUT2D eigenvalue weighted by Gasteiger charge is -2.09. The Kier molecular flexibility index (Phi) is 4.57. The maximum Gasteiger partial charge on any atom is 0.236 e. The Hall–Kier alpha value is -4.36. The fourth-order valence-electron chi connectivity index (χ4n) is 2.59. The molecule has 0 radical (unpaired) electrons. The zero-order valence-electron chi connectivity index (χ0n) is 16.3. The van der Waals surface area contributed by atoms with Crippen LogP contribution in [0.15, 0.2) is 19.0 Å². The van der Waals surface area contributed by atoms with E-state index >= 15 is 0 Å². The Bertz CT molecular complexity index is 1050. The van der Waals surface area contributed by atoms with Crippen LogP contribution in [0.1, 0.15) is 11.5 Å². The van der Waals surface area contributed by atoms with E-state index in [9.17, 15) is 15.3 Å². The number of hydrogen-bond donors (Lipinski definition) is 5. The van der Waals surface area contributed by atoms with Gasteiger partial charge in [-0.25, -0.2) is 15.0 Å². The number of imidazole rings is 3. The lowest BCUT2D eigenvalue weighted by Crippen LogP contribution is -2.08. The highest BCUT2D eigenvalue weighted by Crippen LogP contribution is 2.26. The molecule has 0 unspecified atom stereocenters. The monoisotopic (exact) mass is 413 g/mol. The second kappa shape index (κ2) is 7.23. The second-order valence-corrected chi connectivity index (χ2v) is 6.51. The first-order valence-corrected chi connectivity index (χ1v) is 8.70. The molecular weight excluding hydrogens is 394 g/mol. The smallest absolute Gasteiger partial charge is 0.236 e. The maximum atomic E-state index is 10.1. The fourth-order valence-corrected chi connectivity index (χ4v) is 2.59. The van der Waals surface area contributed by atoms with Gasteiger partial charge in [0.2, 0.25) is 29.5 Å². The topological polar surface area (TPSA) is 177 Å². The van der Waals surface area contributed by atoms with E-state index in [-0.39, 0.29) is 53.4 Å². The Labute approximate surface area is 169 Å². The highest BCUT2D eigenvalue weighted by molar-refractivity contribution is 5.58. The van der Waals surface area contributed by atoms with Gasteiger partial charge in [-0.05, 0) is 0 Å². The number of nitrogens with one attached hydrogen (secondary N) is 2. The number of aromatic hydroxyl groups is 3. The summed E-state index contributed by atoms with van der Waals surface area (Å²) in [5.74, 6) is 0.542.